The summed E-state index contributed by atoms with van der Waals surface area (Å²) in [6, 6.07) is 9.86. The van der Waals surface area contributed by atoms with Crippen LogP contribution in [0.15, 0.2) is 51.6 Å². The first-order valence-corrected chi connectivity index (χ1v) is 9.82. The van der Waals surface area contributed by atoms with Gasteiger partial charge in [-0.3, -0.25) is 9.59 Å². The SMILES string of the molecule is Cc1csc(CN(C)C(=O)c2cnc(CSc3ccccc3)[nH]c2=O)n1. The maximum absolute atomic E-state index is 12.5. The largest absolute Gasteiger partial charge is 0.335 e. The first kappa shape index (κ1) is 18.3. The second-order valence-electron chi connectivity index (χ2n) is 5.72. The number of carbonyl (C=O) groups excluding carboxylic acids is 1. The third-order valence-electron chi connectivity index (χ3n) is 3.59. The molecule has 0 spiro atoms. The summed E-state index contributed by atoms with van der Waals surface area (Å²) in [6.45, 7) is 2.27. The van der Waals surface area contributed by atoms with Crippen LogP contribution in [0.4, 0.5) is 0 Å². The number of amides is 1. The lowest BCUT2D eigenvalue weighted by molar-refractivity contribution is 0.0782. The van der Waals surface area contributed by atoms with E-state index in [9.17, 15) is 9.59 Å². The molecule has 2 aromatic heterocycles. The van der Waals surface area contributed by atoms with E-state index < -0.39 is 5.56 Å². The van der Waals surface area contributed by atoms with Crippen LogP contribution < -0.4 is 5.56 Å². The molecule has 26 heavy (non-hydrogen) atoms. The summed E-state index contributed by atoms with van der Waals surface area (Å²) in [5.41, 5.74) is 0.538. The smallest absolute Gasteiger partial charge is 0.263 e. The Morgan fingerprint density at radius 1 is 1.31 bits per heavy atom. The summed E-state index contributed by atoms with van der Waals surface area (Å²) >= 11 is 3.06. The first-order valence-electron chi connectivity index (χ1n) is 7.95. The Bertz CT molecular complexity index is 953. The molecule has 6 nitrogen and oxygen atoms in total. The van der Waals surface area contributed by atoms with Crippen LogP contribution in [0.1, 0.15) is 26.9 Å². The van der Waals surface area contributed by atoms with E-state index in [1.807, 2.05) is 42.6 Å². The molecule has 0 bridgehead atoms. The van der Waals surface area contributed by atoms with Gasteiger partial charge in [-0.25, -0.2) is 9.97 Å². The van der Waals surface area contributed by atoms with Crippen LogP contribution in [-0.4, -0.2) is 32.8 Å². The van der Waals surface area contributed by atoms with E-state index in [4.69, 9.17) is 0 Å². The standard InChI is InChI=1S/C18H18N4O2S2/c1-12-10-26-16(20-12)9-22(2)18(24)14-8-19-15(21-17(14)23)11-25-13-6-4-3-5-7-13/h3-8,10H,9,11H2,1-2H3,(H,19,21,23). The first-order chi connectivity index (χ1) is 12.5. The number of aromatic nitrogens is 3. The molecular formula is C18H18N4O2S2. The van der Waals surface area contributed by atoms with Crippen LogP contribution in [0, 0.1) is 6.92 Å². The second kappa shape index (κ2) is 8.29. The molecule has 2 heterocycles. The summed E-state index contributed by atoms with van der Waals surface area (Å²) < 4.78 is 0. The number of thiazole rings is 1. The van der Waals surface area contributed by atoms with Crippen molar-refractivity contribution in [2.24, 2.45) is 0 Å². The summed E-state index contributed by atoms with van der Waals surface area (Å²) in [7, 11) is 1.65. The molecule has 0 aliphatic carbocycles. The number of thioether (sulfide) groups is 1. The number of nitrogens with one attached hydrogen (secondary N) is 1. The number of benzene rings is 1. The predicted octanol–water partition coefficient (Wildman–Crippen LogP) is 3.10. The van der Waals surface area contributed by atoms with Crippen LogP contribution >= 0.6 is 23.1 Å². The molecule has 8 heteroatoms. The van der Waals surface area contributed by atoms with Crippen LogP contribution in [0.5, 0.6) is 0 Å². The summed E-state index contributed by atoms with van der Waals surface area (Å²) in [5.74, 6) is 0.703. The van der Waals surface area contributed by atoms with Gasteiger partial charge < -0.3 is 9.88 Å². The van der Waals surface area contributed by atoms with Crippen molar-refractivity contribution < 1.29 is 4.79 Å². The average molecular weight is 387 g/mol. The average Bonchev–Trinajstić information content (AvgIpc) is 3.05. The van der Waals surface area contributed by atoms with Crippen LogP contribution in [0.25, 0.3) is 0 Å². The molecular weight excluding hydrogens is 368 g/mol. The van der Waals surface area contributed by atoms with E-state index in [-0.39, 0.29) is 11.5 Å². The maximum Gasteiger partial charge on any atom is 0.263 e. The fraction of sp³-hybridized carbons (Fsp3) is 0.222. The minimum absolute atomic E-state index is 0.0363. The van der Waals surface area contributed by atoms with Crippen LogP contribution in [0.2, 0.25) is 0 Å². The van der Waals surface area contributed by atoms with Crippen LogP contribution in [-0.2, 0) is 12.3 Å². The summed E-state index contributed by atoms with van der Waals surface area (Å²) in [4.78, 5) is 38.6. The minimum atomic E-state index is -0.421. The van der Waals surface area contributed by atoms with Gasteiger partial charge in [-0.15, -0.1) is 23.1 Å². The molecule has 1 N–H and O–H groups in total. The third-order valence-corrected chi connectivity index (χ3v) is 5.56. The van der Waals surface area contributed by atoms with Crippen molar-refractivity contribution in [1.29, 1.82) is 0 Å². The highest BCUT2D eigenvalue weighted by Crippen LogP contribution is 2.20. The van der Waals surface area contributed by atoms with Crippen molar-refractivity contribution in [2.45, 2.75) is 24.1 Å². The Hall–Kier alpha value is -2.45. The van der Waals surface area contributed by atoms with E-state index >= 15 is 0 Å². The number of H-pyrrole nitrogens is 1. The van der Waals surface area contributed by atoms with Crippen molar-refractivity contribution in [3.8, 4) is 0 Å². The Balaban J connectivity index is 1.66. The molecule has 0 radical (unpaired) electrons. The maximum atomic E-state index is 12.5. The van der Waals surface area contributed by atoms with E-state index in [0.717, 1.165) is 15.6 Å². The Labute approximate surface area is 159 Å². The highest BCUT2D eigenvalue weighted by molar-refractivity contribution is 7.98. The fourth-order valence-electron chi connectivity index (χ4n) is 2.28. The van der Waals surface area contributed by atoms with Crippen molar-refractivity contribution in [3.63, 3.8) is 0 Å². The van der Waals surface area contributed by atoms with Crippen molar-refractivity contribution in [1.82, 2.24) is 19.9 Å². The van der Waals surface area contributed by atoms with Gasteiger partial charge in [0.2, 0.25) is 0 Å². The Morgan fingerprint density at radius 2 is 2.08 bits per heavy atom. The normalized spacial score (nSPS) is 10.7. The van der Waals surface area contributed by atoms with Gasteiger partial charge in [0, 0.05) is 29.2 Å². The van der Waals surface area contributed by atoms with Gasteiger partial charge >= 0.3 is 0 Å². The zero-order valence-corrected chi connectivity index (χ0v) is 16.1. The minimum Gasteiger partial charge on any atom is -0.335 e. The quantitative estimate of drug-likeness (QED) is 0.659. The lowest BCUT2D eigenvalue weighted by Gasteiger charge is -2.15. The van der Waals surface area contributed by atoms with Gasteiger partial charge in [0.25, 0.3) is 11.5 Å². The van der Waals surface area contributed by atoms with Crippen molar-refractivity contribution >= 4 is 29.0 Å². The Morgan fingerprint density at radius 3 is 2.73 bits per heavy atom. The highest BCUT2D eigenvalue weighted by atomic mass is 32.2. The molecule has 0 aliphatic heterocycles. The molecule has 134 valence electrons. The summed E-state index contributed by atoms with van der Waals surface area (Å²) in [5, 5.41) is 2.76. The molecule has 0 saturated heterocycles. The predicted molar refractivity (Wildman–Crippen MR) is 104 cm³/mol. The molecule has 0 unspecified atom stereocenters. The van der Waals surface area contributed by atoms with Gasteiger partial charge in [-0.1, -0.05) is 18.2 Å². The number of hydrogen-bond donors (Lipinski definition) is 1. The number of aromatic amines is 1. The topological polar surface area (TPSA) is 79.0 Å². The monoisotopic (exact) mass is 386 g/mol. The van der Waals surface area contributed by atoms with Gasteiger partial charge in [0.1, 0.15) is 16.4 Å². The number of carbonyl (C=O) groups is 1. The van der Waals surface area contributed by atoms with E-state index in [2.05, 4.69) is 15.0 Å². The Kier molecular flexibility index (Phi) is 5.85. The second-order valence-corrected chi connectivity index (χ2v) is 7.71. The van der Waals surface area contributed by atoms with E-state index in [0.29, 0.717) is 18.1 Å². The lowest BCUT2D eigenvalue weighted by atomic mass is 10.3. The highest BCUT2D eigenvalue weighted by Gasteiger charge is 2.17. The van der Waals surface area contributed by atoms with Gasteiger partial charge in [-0.2, -0.15) is 0 Å². The molecule has 0 fully saturated rings. The molecule has 0 atom stereocenters. The number of rotatable bonds is 6. The van der Waals surface area contributed by atoms with Crippen LogP contribution in [0.3, 0.4) is 0 Å². The fourth-order valence-corrected chi connectivity index (χ4v) is 3.91. The lowest BCUT2D eigenvalue weighted by Crippen LogP contribution is -2.32. The number of aryl methyl sites for hydroxylation is 1. The molecule has 3 aromatic rings. The van der Waals surface area contributed by atoms with Crippen molar-refractivity contribution in [2.75, 3.05) is 7.05 Å². The number of nitrogens with zero attached hydrogens (tertiary/aromatic N) is 3. The molecule has 3 rings (SSSR count). The van der Waals surface area contributed by atoms with Gasteiger partial charge in [0.05, 0.1) is 12.3 Å². The molecule has 1 aromatic carbocycles. The van der Waals surface area contributed by atoms with Gasteiger partial charge in [0.15, 0.2) is 0 Å². The van der Waals surface area contributed by atoms with Crippen molar-refractivity contribution in [3.05, 3.63) is 74.4 Å². The third kappa shape index (κ3) is 4.59. The number of hydrogen-bond acceptors (Lipinski definition) is 6. The molecule has 0 saturated carbocycles. The summed E-state index contributed by atoms with van der Waals surface area (Å²) in [6.07, 6.45) is 1.35. The van der Waals surface area contributed by atoms with E-state index in [1.165, 1.54) is 22.4 Å². The molecule has 0 aliphatic rings. The zero-order chi connectivity index (χ0) is 18.5. The van der Waals surface area contributed by atoms with Gasteiger partial charge in [-0.05, 0) is 19.1 Å². The van der Waals surface area contributed by atoms with E-state index in [1.54, 1.807) is 18.8 Å². The zero-order valence-electron chi connectivity index (χ0n) is 14.4. The molecule has 1 amide bonds.